The summed E-state index contributed by atoms with van der Waals surface area (Å²) >= 11 is 9.06. The Balaban J connectivity index is 2.58. The van der Waals surface area contributed by atoms with Crippen molar-refractivity contribution in [1.82, 2.24) is 0 Å². The molecule has 2 rings (SSSR count). The number of carbonyl (C=O) groups is 1. The molecule has 17 heavy (non-hydrogen) atoms. The predicted octanol–water partition coefficient (Wildman–Crippen LogP) is 4.14. The third-order valence-corrected chi connectivity index (χ3v) is 4.31. The maximum atomic E-state index is 13.3. The number of carboxylic acid groups (broad SMARTS) is 1. The van der Waals surface area contributed by atoms with E-state index in [0.717, 1.165) is 12.8 Å². The Morgan fingerprint density at radius 2 is 2.00 bits per heavy atom. The van der Waals surface area contributed by atoms with Crippen LogP contribution in [0, 0.1) is 5.82 Å². The first-order valence-corrected chi connectivity index (χ1v) is 6.53. The van der Waals surface area contributed by atoms with Gasteiger partial charge in [0.2, 0.25) is 0 Å². The molecule has 0 radical (unpaired) electrons. The molecule has 0 saturated heterocycles. The SMILES string of the molecule is O=C(O)C1(c2cc(Br)c(F)cc2Cl)CCCC1. The topological polar surface area (TPSA) is 37.3 Å². The van der Waals surface area contributed by atoms with Gasteiger partial charge in [-0.2, -0.15) is 0 Å². The zero-order chi connectivity index (χ0) is 12.6. The summed E-state index contributed by atoms with van der Waals surface area (Å²) in [6.45, 7) is 0. The molecule has 0 aliphatic heterocycles. The molecule has 0 bridgehead atoms. The molecule has 0 aromatic heterocycles. The quantitative estimate of drug-likeness (QED) is 0.831. The van der Waals surface area contributed by atoms with Crippen LogP contribution in [-0.4, -0.2) is 11.1 Å². The van der Waals surface area contributed by atoms with Gasteiger partial charge in [-0.25, -0.2) is 4.39 Å². The molecule has 0 heterocycles. The molecule has 92 valence electrons. The van der Waals surface area contributed by atoms with Crippen molar-refractivity contribution in [2.75, 3.05) is 0 Å². The minimum atomic E-state index is -0.951. The van der Waals surface area contributed by atoms with Crippen LogP contribution in [0.15, 0.2) is 16.6 Å². The molecular weight excluding hydrogens is 310 g/mol. The van der Waals surface area contributed by atoms with Crippen LogP contribution in [0.4, 0.5) is 4.39 Å². The van der Waals surface area contributed by atoms with Crippen molar-refractivity contribution >= 4 is 33.5 Å². The number of rotatable bonds is 2. The van der Waals surface area contributed by atoms with Crippen molar-refractivity contribution in [1.29, 1.82) is 0 Å². The van der Waals surface area contributed by atoms with Crippen molar-refractivity contribution in [3.8, 4) is 0 Å². The molecule has 1 aliphatic rings. The molecule has 0 spiro atoms. The third-order valence-electron chi connectivity index (χ3n) is 3.39. The molecular formula is C12H11BrClFO2. The maximum Gasteiger partial charge on any atom is 0.314 e. The average molecular weight is 322 g/mol. The zero-order valence-corrected chi connectivity index (χ0v) is 11.3. The predicted molar refractivity (Wildman–Crippen MR) is 66.9 cm³/mol. The second kappa shape index (κ2) is 4.58. The first-order valence-electron chi connectivity index (χ1n) is 5.36. The molecule has 1 saturated carbocycles. The fraction of sp³-hybridized carbons (Fsp3) is 0.417. The van der Waals surface area contributed by atoms with Crippen molar-refractivity contribution in [3.05, 3.63) is 33.0 Å². The van der Waals surface area contributed by atoms with Gasteiger partial charge in [0.1, 0.15) is 5.82 Å². The molecule has 0 amide bonds. The Hall–Kier alpha value is -0.610. The summed E-state index contributed by atoms with van der Waals surface area (Å²) in [5, 5.41) is 9.62. The van der Waals surface area contributed by atoms with Crippen LogP contribution < -0.4 is 0 Å². The molecule has 0 atom stereocenters. The van der Waals surface area contributed by atoms with Crippen molar-refractivity contribution in [2.45, 2.75) is 31.1 Å². The van der Waals surface area contributed by atoms with E-state index in [0.29, 0.717) is 18.4 Å². The lowest BCUT2D eigenvalue weighted by molar-refractivity contribution is -0.143. The second-order valence-electron chi connectivity index (χ2n) is 4.34. The van der Waals surface area contributed by atoms with E-state index in [9.17, 15) is 14.3 Å². The lowest BCUT2D eigenvalue weighted by Crippen LogP contribution is -2.33. The Kier molecular flexibility index (Phi) is 3.46. The van der Waals surface area contributed by atoms with Gasteiger partial charge in [-0.15, -0.1) is 0 Å². The number of carboxylic acids is 1. The highest BCUT2D eigenvalue weighted by Gasteiger charge is 2.44. The fourth-order valence-electron chi connectivity index (χ4n) is 2.47. The summed E-state index contributed by atoms with van der Waals surface area (Å²) in [6.07, 6.45) is 2.83. The van der Waals surface area contributed by atoms with Gasteiger partial charge < -0.3 is 5.11 Å². The van der Waals surface area contributed by atoms with Gasteiger partial charge in [-0.3, -0.25) is 4.79 Å². The summed E-state index contributed by atoms with van der Waals surface area (Å²) in [6, 6.07) is 2.67. The monoisotopic (exact) mass is 320 g/mol. The number of aliphatic carboxylic acids is 1. The highest BCUT2D eigenvalue weighted by molar-refractivity contribution is 9.10. The average Bonchev–Trinajstić information content (AvgIpc) is 2.73. The van der Waals surface area contributed by atoms with E-state index < -0.39 is 17.2 Å². The minimum Gasteiger partial charge on any atom is -0.481 e. The maximum absolute atomic E-state index is 13.3. The van der Waals surface area contributed by atoms with E-state index in [-0.39, 0.29) is 9.50 Å². The number of hydrogen-bond acceptors (Lipinski definition) is 1. The van der Waals surface area contributed by atoms with Crippen LogP contribution in [0.25, 0.3) is 0 Å². The highest BCUT2D eigenvalue weighted by atomic mass is 79.9. The van der Waals surface area contributed by atoms with Crippen LogP contribution in [-0.2, 0) is 10.2 Å². The molecule has 5 heteroatoms. The summed E-state index contributed by atoms with van der Waals surface area (Å²) in [5.41, 5.74) is -0.440. The van der Waals surface area contributed by atoms with E-state index in [1.807, 2.05) is 0 Å². The van der Waals surface area contributed by atoms with Gasteiger partial charge in [-0.1, -0.05) is 24.4 Å². The molecule has 1 N–H and O–H groups in total. The summed E-state index contributed by atoms with van der Waals surface area (Å²) < 4.78 is 13.5. The van der Waals surface area contributed by atoms with Gasteiger partial charge in [0.15, 0.2) is 0 Å². The normalized spacial score (nSPS) is 18.3. The van der Waals surface area contributed by atoms with Crippen LogP contribution in [0.5, 0.6) is 0 Å². The molecule has 1 aromatic carbocycles. The van der Waals surface area contributed by atoms with Crippen molar-refractivity contribution in [2.24, 2.45) is 0 Å². The Labute approximate surface area is 112 Å². The molecule has 1 aliphatic carbocycles. The van der Waals surface area contributed by atoms with E-state index >= 15 is 0 Å². The van der Waals surface area contributed by atoms with E-state index in [1.54, 1.807) is 0 Å². The second-order valence-corrected chi connectivity index (χ2v) is 5.60. The number of halogens is 3. The lowest BCUT2D eigenvalue weighted by Gasteiger charge is -2.25. The fourth-order valence-corrected chi connectivity index (χ4v) is 3.14. The van der Waals surface area contributed by atoms with E-state index in [1.165, 1.54) is 12.1 Å². The molecule has 1 aromatic rings. The van der Waals surface area contributed by atoms with Gasteiger partial charge in [-0.05, 0) is 46.5 Å². The number of hydrogen-bond donors (Lipinski definition) is 1. The third kappa shape index (κ3) is 2.08. The summed E-state index contributed by atoms with van der Waals surface area (Å²) in [4.78, 5) is 11.5. The standard InChI is InChI=1S/C12H11BrClFO2/c13-8-5-7(9(14)6-10(8)15)12(11(16)17)3-1-2-4-12/h5-6H,1-4H2,(H,16,17). The van der Waals surface area contributed by atoms with Crippen LogP contribution in [0.2, 0.25) is 5.02 Å². The number of benzene rings is 1. The van der Waals surface area contributed by atoms with Crippen LogP contribution >= 0.6 is 27.5 Å². The van der Waals surface area contributed by atoms with Crippen molar-refractivity contribution < 1.29 is 14.3 Å². The largest absolute Gasteiger partial charge is 0.481 e. The van der Waals surface area contributed by atoms with Gasteiger partial charge in [0.25, 0.3) is 0 Å². The minimum absolute atomic E-state index is 0.190. The molecule has 2 nitrogen and oxygen atoms in total. The molecule has 1 fully saturated rings. The van der Waals surface area contributed by atoms with Gasteiger partial charge in [0.05, 0.1) is 9.89 Å². The van der Waals surface area contributed by atoms with E-state index in [4.69, 9.17) is 11.6 Å². The first kappa shape index (κ1) is 12.8. The van der Waals surface area contributed by atoms with Gasteiger partial charge in [0, 0.05) is 5.02 Å². The smallest absolute Gasteiger partial charge is 0.314 e. The first-order chi connectivity index (χ1) is 7.97. The van der Waals surface area contributed by atoms with Crippen LogP contribution in [0.3, 0.4) is 0 Å². The lowest BCUT2D eigenvalue weighted by atomic mass is 9.79. The summed E-state index contributed by atoms with van der Waals surface area (Å²) in [7, 11) is 0. The Bertz CT molecular complexity index is 470. The summed E-state index contributed by atoms with van der Waals surface area (Å²) in [5.74, 6) is -1.35. The molecule has 0 unspecified atom stereocenters. The zero-order valence-electron chi connectivity index (χ0n) is 8.97. The van der Waals surface area contributed by atoms with Crippen LogP contribution in [0.1, 0.15) is 31.2 Å². The highest BCUT2D eigenvalue weighted by Crippen LogP contribution is 2.45. The Morgan fingerprint density at radius 1 is 1.41 bits per heavy atom. The Morgan fingerprint density at radius 3 is 2.53 bits per heavy atom. The van der Waals surface area contributed by atoms with Gasteiger partial charge >= 0.3 is 5.97 Å². The van der Waals surface area contributed by atoms with Crippen molar-refractivity contribution in [3.63, 3.8) is 0 Å². The van der Waals surface area contributed by atoms with E-state index in [2.05, 4.69) is 15.9 Å².